The first kappa shape index (κ1) is 26.3. The summed E-state index contributed by atoms with van der Waals surface area (Å²) < 4.78 is 2.31. The van der Waals surface area contributed by atoms with Crippen molar-refractivity contribution in [1.29, 1.82) is 0 Å². The normalized spacial score (nSPS) is 12.1. The fraction of sp³-hybridized carbons (Fsp3) is 0. The highest BCUT2D eigenvalue weighted by Gasteiger charge is 2.27. The van der Waals surface area contributed by atoms with Crippen LogP contribution in [-0.4, -0.2) is 9.38 Å². The summed E-state index contributed by atoms with van der Waals surface area (Å²) in [5.41, 5.74) is 6.64. The number of benzene rings is 7. The molecular formula is C41H27N2PS. The smallest absolute Gasteiger partial charge is 0.146 e. The van der Waals surface area contributed by atoms with Crippen LogP contribution in [0.1, 0.15) is 0 Å². The molecule has 0 unspecified atom stereocenters. The topological polar surface area (TPSA) is 17.3 Å². The van der Waals surface area contributed by atoms with E-state index in [0.717, 1.165) is 22.1 Å². The average Bonchev–Trinajstić information content (AvgIpc) is 3.52. The molecule has 0 bridgehead atoms. The average molecular weight is 611 g/mol. The van der Waals surface area contributed by atoms with E-state index in [1.807, 2.05) is 0 Å². The van der Waals surface area contributed by atoms with Crippen molar-refractivity contribution in [2.45, 2.75) is 0 Å². The zero-order chi connectivity index (χ0) is 30.0. The van der Waals surface area contributed by atoms with Crippen LogP contribution in [0.2, 0.25) is 0 Å². The third kappa shape index (κ3) is 3.95. The minimum absolute atomic E-state index is 0.983. The Hall–Kier alpha value is -5.08. The van der Waals surface area contributed by atoms with Crippen LogP contribution in [0.3, 0.4) is 0 Å². The molecule has 2 nitrogen and oxygen atoms in total. The minimum atomic E-state index is -2.33. The maximum absolute atomic E-state index is 6.78. The van der Waals surface area contributed by atoms with Crippen molar-refractivity contribution in [2.24, 2.45) is 0 Å². The Kier molecular flexibility index (Phi) is 5.99. The van der Waals surface area contributed by atoms with Crippen LogP contribution < -0.4 is 15.9 Å². The van der Waals surface area contributed by atoms with E-state index in [-0.39, 0.29) is 0 Å². The number of hydrogen-bond acceptors (Lipinski definition) is 2. The van der Waals surface area contributed by atoms with Gasteiger partial charge in [0.25, 0.3) is 0 Å². The van der Waals surface area contributed by atoms with Gasteiger partial charge in [-0.15, -0.1) is 0 Å². The van der Waals surface area contributed by atoms with Gasteiger partial charge < -0.3 is 0 Å². The Labute approximate surface area is 266 Å². The molecule has 0 saturated carbocycles. The van der Waals surface area contributed by atoms with E-state index in [1.54, 1.807) is 0 Å². The lowest BCUT2D eigenvalue weighted by Gasteiger charge is -2.26. The lowest BCUT2D eigenvalue weighted by Crippen LogP contribution is -2.25. The van der Waals surface area contributed by atoms with Crippen LogP contribution in [0, 0.1) is 0 Å². The molecule has 0 N–H and O–H groups in total. The molecule has 0 aliphatic heterocycles. The van der Waals surface area contributed by atoms with Gasteiger partial charge >= 0.3 is 0 Å². The van der Waals surface area contributed by atoms with Crippen molar-refractivity contribution in [3.8, 4) is 11.1 Å². The van der Waals surface area contributed by atoms with Gasteiger partial charge in [0, 0.05) is 22.1 Å². The fourth-order valence-electron chi connectivity index (χ4n) is 6.99. The van der Waals surface area contributed by atoms with E-state index in [1.165, 1.54) is 54.1 Å². The van der Waals surface area contributed by atoms with Gasteiger partial charge in [0.2, 0.25) is 0 Å². The second-order valence-corrected chi connectivity index (χ2v) is 15.9. The molecule has 4 heteroatoms. The molecule has 0 amide bonds. The Morgan fingerprint density at radius 1 is 0.467 bits per heavy atom. The molecule has 212 valence electrons. The number of nitrogens with zero attached hydrogens (tertiary/aromatic N) is 2. The lowest BCUT2D eigenvalue weighted by molar-refractivity contribution is 1.31. The standard InChI is InChI=1S/C41H27N2PS/c45-44(29-13-3-1-4-14-29,30-15-5-2-6-16-30)40-26-25-31(32-17-7-8-19-35(32)40)28-23-24-33-34-18-9-11-21-38(34)43-39-22-12-10-20-37(39)42-41(43)36(33)27-28/h1-27H. The first-order valence-corrected chi connectivity index (χ1v) is 18.0. The molecule has 0 aliphatic carbocycles. The van der Waals surface area contributed by atoms with Gasteiger partial charge in [0.15, 0.2) is 0 Å². The van der Waals surface area contributed by atoms with Crippen LogP contribution in [-0.2, 0) is 11.8 Å². The second kappa shape index (κ2) is 10.2. The number of pyridine rings is 1. The van der Waals surface area contributed by atoms with Crippen molar-refractivity contribution in [2.75, 3.05) is 0 Å². The molecule has 9 aromatic rings. The van der Waals surface area contributed by atoms with Crippen molar-refractivity contribution in [3.05, 3.63) is 164 Å². The van der Waals surface area contributed by atoms with Crippen LogP contribution >= 0.6 is 6.04 Å². The van der Waals surface area contributed by atoms with Crippen LogP contribution in [0.5, 0.6) is 0 Å². The molecule has 2 aromatic heterocycles. The number of rotatable bonds is 4. The van der Waals surface area contributed by atoms with Crippen molar-refractivity contribution in [1.82, 2.24) is 9.38 Å². The van der Waals surface area contributed by atoms with Crippen LogP contribution in [0.25, 0.3) is 60.3 Å². The number of imidazole rings is 1. The summed E-state index contributed by atoms with van der Waals surface area (Å²) in [4.78, 5) is 5.16. The maximum atomic E-state index is 6.78. The largest absolute Gasteiger partial charge is 0.292 e. The van der Waals surface area contributed by atoms with E-state index < -0.39 is 6.04 Å². The van der Waals surface area contributed by atoms with E-state index >= 15 is 0 Å². The number of para-hydroxylation sites is 3. The molecular weight excluding hydrogens is 584 g/mol. The van der Waals surface area contributed by atoms with E-state index in [0.29, 0.717) is 0 Å². The third-order valence-corrected chi connectivity index (χ3v) is 14.0. The molecule has 0 fully saturated rings. The number of hydrogen-bond donors (Lipinski definition) is 0. The summed E-state index contributed by atoms with van der Waals surface area (Å²) in [5.74, 6) is 0. The highest BCUT2D eigenvalue weighted by atomic mass is 32.4. The van der Waals surface area contributed by atoms with Gasteiger partial charge in [-0.2, -0.15) is 0 Å². The van der Waals surface area contributed by atoms with Gasteiger partial charge in [-0.3, -0.25) is 4.40 Å². The van der Waals surface area contributed by atoms with Gasteiger partial charge in [0.05, 0.1) is 16.6 Å². The quantitative estimate of drug-likeness (QED) is 0.146. The zero-order valence-electron chi connectivity index (χ0n) is 24.3. The summed E-state index contributed by atoms with van der Waals surface area (Å²) in [5, 5.41) is 9.63. The molecule has 2 heterocycles. The Bertz CT molecular complexity index is 2580. The third-order valence-electron chi connectivity index (χ3n) is 9.05. The summed E-state index contributed by atoms with van der Waals surface area (Å²) in [6, 6.07) is 56.3. The monoisotopic (exact) mass is 610 g/mol. The molecule has 45 heavy (non-hydrogen) atoms. The lowest BCUT2D eigenvalue weighted by atomic mass is 9.95. The van der Waals surface area contributed by atoms with Gasteiger partial charge in [-0.25, -0.2) is 4.98 Å². The predicted molar refractivity (Wildman–Crippen MR) is 197 cm³/mol. The first-order valence-electron chi connectivity index (χ1n) is 15.2. The number of aromatic nitrogens is 2. The number of fused-ring (bicyclic) bond motifs is 9. The van der Waals surface area contributed by atoms with Crippen molar-refractivity contribution in [3.63, 3.8) is 0 Å². The van der Waals surface area contributed by atoms with E-state index in [9.17, 15) is 0 Å². The van der Waals surface area contributed by atoms with E-state index in [4.69, 9.17) is 16.8 Å². The molecule has 0 saturated heterocycles. The molecule has 0 radical (unpaired) electrons. The van der Waals surface area contributed by atoms with Gasteiger partial charge in [-0.1, -0.05) is 151 Å². The molecule has 7 aromatic carbocycles. The summed E-state index contributed by atoms with van der Waals surface area (Å²) in [6.45, 7) is 0. The predicted octanol–water partition coefficient (Wildman–Crippen LogP) is 9.37. The Balaban J connectivity index is 1.33. The molecule has 0 aliphatic rings. The van der Waals surface area contributed by atoms with Crippen molar-refractivity contribution >= 4 is 82.9 Å². The Morgan fingerprint density at radius 3 is 1.80 bits per heavy atom. The fourth-order valence-corrected chi connectivity index (χ4v) is 11.1. The summed E-state index contributed by atoms with van der Waals surface area (Å²) in [7, 11) is 0. The molecule has 0 atom stereocenters. The summed E-state index contributed by atoms with van der Waals surface area (Å²) in [6.07, 6.45) is 0. The van der Waals surface area contributed by atoms with Crippen LogP contribution in [0.15, 0.2) is 164 Å². The SMILES string of the molecule is S=P(c1ccccc1)(c1ccccc1)c1ccc(-c2ccc3c4ccccc4n4c5ccccc5nc4c3c2)c2ccccc12. The summed E-state index contributed by atoms with van der Waals surface area (Å²) >= 11 is 6.78. The maximum Gasteiger partial charge on any atom is 0.146 e. The minimum Gasteiger partial charge on any atom is -0.292 e. The molecule has 9 rings (SSSR count). The second-order valence-electron chi connectivity index (χ2n) is 11.5. The van der Waals surface area contributed by atoms with Gasteiger partial charge in [-0.05, 0) is 62.2 Å². The van der Waals surface area contributed by atoms with Crippen LogP contribution in [0.4, 0.5) is 0 Å². The van der Waals surface area contributed by atoms with Gasteiger partial charge in [0.1, 0.15) is 5.65 Å². The zero-order valence-corrected chi connectivity index (χ0v) is 26.0. The molecule has 0 spiro atoms. The highest BCUT2D eigenvalue weighted by molar-refractivity contribution is 8.25. The van der Waals surface area contributed by atoms with Crippen molar-refractivity contribution < 1.29 is 0 Å². The van der Waals surface area contributed by atoms with E-state index in [2.05, 4.69) is 168 Å². The first-order chi connectivity index (χ1) is 22.2. The highest BCUT2D eigenvalue weighted by Crippen LogP contribution is 2.46. The Morgan fingerprint density at radius 2 is 1.07 bits per heavy atom.